The van der Waals surface area contributed by atoms with Gasteiger partial charge in [0.05, 0.1) is 6.61 Å². The van der Waals surface area contributed by atoms with Gasteiger partial charge in [-0.3, -0.25) is 0 Å². The Kier molecular flexibility index (Phi) is 3.65. The lowest BCUT2D eigenvalue weighted by atomic mass is 10.1. The van der Waals surface area contributed by atoms with Gasteiger partial charge in [-0.25, -0.2) is 14.4 Å². The molecule has 0 aliphatic carbocycles. The third kappa shape index (κ3) is 2.82. The number of hydrogen-bond donors (Lipinski definition) is 0. The molecule has 0 spiro atoms. The van der Waals surface area contributed by atoms with Crippen molar-refractivity contribution < 1.29 is 28.6 Å². The predicted octanol–water partition coefficient (Wildman–Crippen LogP) is -0.0356. The van der Waals surface area contributed by atoms with Crippen LogP contribution in [0.5, 0.6) is 0 Å². The summed E-state index contributed by atoms with van der Waals surface area (Å²) in [5, 5.41) is 0. The van der Waals surface area contributed by atoms with E-state index in [1.807, 2.05) is 0 Å². The van der Waals surface area contributed by atoms with Gasteiger partial charge in [0.15, 0.2) is 6.61 Å². The van der Waals surface area contributed by atoms with Gasteiger partial charge in [0.1, 0.15) is 0 Å². The number of rotatable bonds is 4. The highest BCUT2D eigenvalue weighted by Crippen LogP contribution is 2.24. The first kappa shape index (κ1) is 12.2. The Hall–Kier alpha value is -1.85. The number of hydrogen-bond acceptors (Lipinski definition) is 6. The van der Waals surface area contributed by atoms with E-state index < -0.39 is 30.1 Å². The number of cyclic esters (lactones) is 1. The molecule has 1 aliphatic heterocycles. The van der Waals surface area contributed by atoms with Crippen LogP contribution >= 0.6 is 0 Å². The van der Waals surface area contributed by atoms with E-state index in [0.29, 0.717) is 6.42 Å². The van der Waals surface area contributed by atoms with Crippen molar-refractivity contribution >= 4 is 17.9 Å². The maximum Gasteiger partial charge on any atom is 0.350 e. The fourth-order valence-electron chi connectivity index (χ4n) is 1.16. The number of ether oxygens (including phenoxy) is 3. The molecular weight excluding hydrogens is 216 g/mol. The molecule has 0 radical (unpaired) electrons. The Bertz CT molecular complexity index is 334. The van der Waals surface area contributed by atoms with Crippen LogP contribution in [0.25, 0.3) is 0 Å². The first-order valence-corrected chi connectivity index (χ1v) is 4.66. The summed E-state index contributed by atoms with van der Waals surface area (Å²) in [7, 11) is 0. The molecule has 88 valence electrons. The molecule has 0 bridgehead atoms. The molecule has 6 heteroatoms. The Morgan fingerprint density at radius 1 is 1.62 bits per heavy atom. The molecule has 1 heterocycles. The van der Waals surface area contributed by atoms with Crippen molar-refractivity contribution in [1.29, 1.82) is 0 Å². The van der Waals surface area contributed by atoms with Gasteiger partial charge in [0, 0.05) is 12.5 Å². The Labute approximate surface area is 92.2 Å². The van der Waals surface area contributed by atoms with Gasteiger partial charge < -0.3 is 14.2 Å². The highest BCUT2D eigenvalue weighted by Gasteiger charge is 2.43. The van der Waals surface area contributed by atoms with Gasteiger partial charge in [0.25, 0.3) is 0 Å². The molecule has 0 N–H and O–H groups in total. The molecule has 0 aromatic heterocycles. The van der Waals surface area contributed by atoms with Gasteiger partial charge in [-0.2, -0.15) is 0 Å². The minimum absolute atomic E-state index is 0.217. The summed E-state index contributed by atoms with van der Waals surface area (Å²) < 4.78 is 14.0. The van der Waals surface area contributed by atoms with E-state index in [1.54, 1.807) is 0 Å². The maximum absolute atomic E-state index is 11.2. The van der Waals surface area contributed by atoms with Gasteiger partial charge in [-0.15, -0.1) is 0 Å². The van der Waals surface area contributed by atoms with Crippen LogP contribution in [0.4, 0.5) is 0 Å². The van der Waals surface area contributed by atoms with E-state index in [0.717, 1.165) is 6.08 Å². The zero-order chi connectivity index (χ0) is 12.2. The quantitative estimate of drug-likeness (QED) is 0.382. The minimum atomic E-state index is -1.27. The summed E-state index contributed by atoms with van der Waals surface area (Å²) >= 11 is 0. The van der Waals surface area contributed by atoms with Gasteiger partial charge in [-0.1, -0.05) is 6.58 Å². The lowest BCUT2D eigenvalue weighted by Gasteiger charge is -2.19. The molecule has 16 heavy (non-hydrogen) atoms. The van der Waals surface area contributed by atoms with Crippen LogP contribution in [0.3, 0.4) is 0 Å². The third-order valence-electron chi connectivity index (χ3n) is 2.08. The van der Waals surface area contributed by atoms with Crippen LogP contribution in [0, 0.1) is 0 Å². The summed E-state index contributed by atoms with van der Waals surface area (Å²) in [4.78, 5) is 33.1. The van der Waals surface area contributed by atoms with E-state index in [2.05, 4.69) is 16.1 Å². The summed E-state index contributed by atoms with van der Waals surface area (Å²) in [6.07, 6.45) is 1.23. The van der Waals surface area contributed by atoms with Crippen LogP contribution in [-0.4, -0.2) is 36.7 Å². The van der Waals surface area contributed by atoms with Crippen LogP contribution in [-0.2, 0) is 28.6 Å². The van der Waals surface area contributed by atoms with Crippen molar-refractivity contribution in [2.24, 2.45) is 0 Å². The first-order chi connectivity index (χ1) is 7.48. The fourth-order valence-corrected chi connectivity index (χ4v) is 1.16. The Morgan fingerprint density at radius 2 is 2.31 bits per heavy atom. The highest BCUT2D eigenvalue weighted by atomic mass is 16.6. The highest BCUT2D eigenvalue weighted by molar-refractivity contribution is 5.86. The Balaban J connectivity index is 2.42. The molecule has 1 unspecified atom stereocenters. The monoisotopic (exact) mass is 228 g/mol. The molecule has 0 aromatic carbocycles. The van der Waals surface area contributed by atoms with Crippen LogP contribution in [0.1, 0.15) is 13.3 Å². The SMILES string of the molecule is C=CC(=O)OCC(=O)OC1(C)CCOC1=O. The predicted molar refractivity (Wildman–Crippen MR) is 51.2 cm³/mol. The van der Waals surface area contributed by atoms with Gasteiger partial charge in [-0.05, 0) is 6.92 Å². The van der Waals surface area contributed by atoms with Crippen LogP contribution < -0.4 is 0 Å². The number of carbonyl (C=O) groups is 3. The lowest BCUT2D eigenvalue weighted by Crippen LogP contribution is -2.37. The summed E-state index contributed by atoms with van der Waals surface area (Å²) in [6.45, 7) is 4.29. The van der Waals surface area contributed by atoms with Crippen molar-refractivity contribution in [2.45, 2.75) is 18.9 Å². The molecule has 6 nitrogen and oxygen atoms in total. The summed E-state index contributed by atoms with van der Waals surface area (Å²) in [5.41, 5.74) is -1.27. The average molecular weight is 228 g/mol. The van der Waals surface area contributed by atoms with Crippen molar-refractivity contribution in [2.75, 3.05) is 13.2 Å². The van der Waals surface area contributed by atoms with E-state index in [9.17, 15) is 14.4 Å². The number of carbonyl (C=O) groups excluding carboxylic acids is 3. The third-order valence-corrected chi connectivity index (χ3v) is 2.08. The summed E-state index contributed by atoms with van der Waals surface area (Å²) in [6, 6.07) is 0. The normalized spacial score (nSPS) is 23.4. The van der Waals surface area contributed by atoms with Crippen LogP contribution in [0.15, 0.2) is 12.7 Å². The smallest absolute Gasteiger partial charge is 0.350 e. The summed E-state index contributed by atoms with van der Waals surface area (Å²) in [5.74, 6) is -2.11. The van der Waals surface area contributed by atoms with Crippen molar-refractivity contribution in [3.8, 4) is 0 Å². The molecule has 0 saturated carbocycles. The molecular formula is C10H12O6. The van der Waals surface area contributed by atoms with E-state index in [1.165, 1.54) is 6.92 Å². The zero-order valence-corrected chi connectivity index (χ0v) is 8.86. The topological polar surface area (TPSA) is 78.9 Å². The first-order valence-electron chi connectivity index (χ1n) is 4.66. The second-order valence-electron chi connectivity index (χ2n) is 3.40. The molecule has 0 aromatic rings. The molecule has 1 rings (SSSR count). The second-order valence-corrected chi connectivity index (χ2v) is 3.40. The molecule has 1 saturated heterocycles. The largest absolute Gasteiger partial charge is 0.463 e. The van der Waals surface area contributed by atoms with Gasteiger partial charge >= 0.3 is 17.9 Å². The average Bonchev–Trinajstić information content (AvgIpc) is 2.55. The van der Waals surface area contributed by atoms with Crippen molar-refractivity contribution in [3.05, 3.63) is 12.7 Å². The van der Waals surface area contributed by atoms with Crippen molar-refractivity contribution in [3.63, 3.8) is 0 Å². The van der Waals surface area contributed by atoms with Crippen molar-refractivity contribution in [1.82, 2.24) is 0 Å². The number of esters is 3. The second kappa shape index (κ2) is 4.78. The van der Waals surface area contributed by atoms with Gasteiger partial charge in [0.2, 0.25) is 5.60 Å². The van der Waals surface area contributed by atoms with Crippen LogP contribution in [0.2, 0.25) is 0 Å². The minimum Gasteiger partial charge on any atom is -0.463 e. The lowest BCUT2D eigenvalue weighted by molar-refractivity contribution is -0.175. The van der Waals surface area contributed by atoms with E-state index >= 15 is 0 Å². The Morgan fingerprint density at radius 3 is 2.81 bits per heavy atom. The van der Waals surface area contributed by atoms with E-state index in [4.69, 9.17) is 4.74 Å². The molecule has 1 atom stereocenters. The molecule has 1 aliphatic rings. The zero-order valence-electron chi connectivity index (χ0n) is 8.86. The maximum atomic E-state index is 11.2. The molecule has 1 fully saturated rings. The molecule has 0 amide bonds. The standard InChI is InChI=1S/C10H12O6/c1-3-7(11)15-6-8(12)16-10(2)4-5-14-9(10)13/h3H,1,4-6H2,2H3. The van der Waals surface area contributed by atoms with E-state index in [-0.39, 0.29) is 6.61 Å². The fraction of sp³-hybridized carbons (Fsp3) is 0.500.